The second-order valence-corrected chi connectivity index (χ2v) is 5.13. The molecule has 4 heteroatoms. The van der Waals surface area contributed by atoms with Crippen molar-refractivity contribution in [3.05, 3.63) is 34.9 Å². The molecule has 0 aromatic heterocycles. The molecule has 0 heterocycles. The quantitative estimate of drug-likeness (QED) is 0.662. The first-order valence-electron chi connectivity index (χ1n) is 7.17. The summed E-state index contributed by atoms with van der Waals surface area (Å²) in [6.07, 6.45) is 5.57. The van der Waals surface area contributed by atoms with Crippen molar-refractivity contribution in [2.45, 2.75) is 38.5 Å². The van der Waals surface area contributed by atoms with Crippen LogP contribution in [0.25, 0.3) is 0 Å². The number of nitrogens with one attached hydrogen (secondary N) is 1. The molecule has 0 radical (unpaired) electrons. The third-order valence-corrected chi connectivity index (χ3v) is 3.68. The van der Waals surface area contributed by atoms with E-state index in [0.717, 1.165) is 12.8 Å². The van der Waals surface area contributed by atoms with Crippen molar-refractivity contribution < 1.29 is 14.3 Å². The van der Waals surface area contributed by atoms with Gasteiger partial charge in [0.05, 0.1) is 7.11 Å². The van der Waals surface area contributed by atoms with Crippen LogP contribution in [0.15, 0.2) is 18.2 Å². The SMILES string of the molecule is COC(=O)CCCNC(=O)c1ccc2c(c1)CCCC2. The summed E-state index contributed by atoms with van der Waals surface area (Å²) >= 11 is 0. The molecule has 0 bridgehead atoms. The van der Waals surface area contributed by atoms with Crippen LogP contribution in [0.5, 0.6) is 0 Å². The Morgan fingerprint density at radius 3 is 2.70 bits per heavy atom. The van der Waals surface area contributed by atoms with Crippen molar-refractivity contribution in [2.75, 3.05) is 13.7 Å². The summed E-state index contributed by atoms with van der Waals surface area (Å²) in [5.41, 5.74) is 3.39. The number of fused-ring (bicyclic) bond motifs is 1. The average Bonchev–Trinajstić information content (AvgIpc) is 2.50. The highest BCUT2D eigenvalue weighted by atomic mass is 16.5. The van der Waals surface area contributed by atoms with Gasteiger partial charge in [0, 0.05) is 18.5 Å². The molecule has 2 rings (SSSR count). The molecule has 0 saturated heterocycles. The fourth-order valence-corrected chi connectivity index (χ4v) is 2.51. The minimum atomic E-state index is -0.243. The van der Waals surface area contributed by atoms with E-state index in [2.05, 4.69) is 16.1 Å². The largest absolute Gasteiger partial charge is 0.469 e. The Hall–Kier alpha value is -1.84. The minimum absolute atomic E-state index is 0.0664. The smallest absolute Gasteiger partial charge is 0.305 e. The maximum Gasteiger partial charge on any atom is 0.305 e. The average molecular weight is 275 g/mol. The number of amides is 1. The molecule has 0 unspecified atom stereocenters. The fourth-order valence-electron chi connectivity index (χ4n) is 2.51. The Balaban J connectivity index is 1.85. The van der Waals surface area contributed by atoms with Crippen molar-refractivity contribution in [2.24, 2.45) is 0 Å². The topological polar surface area (TPSA) is 55.4 Å². The first-order chi connectivity index (χ1) is 9.70. The number of aryl methyl sites for hydroxylation is 2. The number of hydrogen-bond donors (Lipinski definition) is 1. The van der Waals surface area contributed by atoms with Gasteiger partial charge in [-0.2, -0.15) is 0 Å². The first kappa shape index (κ1) is 14.6. The molecule has 1 aromatic rings. The summed E-state index contributed by atoms with van der Waals surface area (Å²) in [4.78, 5) is 23.0. The van der Waals surface area contributed by atoms with E-state index in [1.54, 1.807) is 0 Å². The molecule has 0 fully saturated rings. The number of carbonyl (C=O) groups is 2. The molecule has 0 atom stereocenters. The number of hydrogen-bond acceptors (Lipinski definition) is 3. The van der Waals surface area contributed by atoms with Gasteiger partial charge >= 0.3 is 5.97 Å². The molecule has 1 aliphatic carbocycles. The van der Waals surface area contributed by atoms with Crippen LogP contribution in [0.2, 0.25) is 0 Å². The molecule has 0 saturated carbocycles. The summed E-state index contributed by atoms with van der Waals surface area (Å²) in [6, 6.07) is 5.96. The van der Waals surface area contributed by atoms with E-state index in [1.807, 2.05) is 12.1 Å². The van der Waals surface area contributed by atoms with Gasteiger partial charge < -0.3 is 10.1 Å². The zero-order chi connectivity index (χ0) is 14.4. The zero-order valence-electron chi connectivity index (χ0n) is 11.9. The van der Waals surface area contributed by atoms with Crippen LogP contribution in [0.3, 0.4) is 0 Å². The molecule has 1 amide bonds. The van der Waals surface area contributed by atoms with E-state index < -0.39 is 0 Å². The highest BCUT2D eigenvalue weighted by molar-refractivity contribution is 5.94. The van der Waals surface area contributed by atoms with Crippen molar-refractivity contribution in [1.29, 1.82) is 0 Å². The number of methoxy groups -OCH3 is 1. The van der Waals surface area contributed by atoms with Gasteiger partial charge in [0.2, 0.25) is 0 Å². The molecular weight excluding hydrogens is 254 g/mol. The van der Waals surface area contributed by atoms with E-state index in [4.69, 9.17) is 0 Å². The Morgan fingerprint density at radius 2 is 1.95 bits per heavy atom. The van der Waals surface area contributed by atoms with Crippen LogP contribution in [-0.2, 0) is 22.4 Å². The Kier molecular flexibility index (Phi) is 5.16. The molecule has 4 nitrogen and oxygen atoms in total. The minimum Gasteiger partial charge on any atom is -0.469 e. The molecule has 0 aliphatic heterocycles. The number of esters is 1. The van der Waals surface area contributed by atoms with E-state index >= 15 is 0 Å². The van der Waals surface area contributed by atoms with Gasteiger partial charge in [-0.15, -0.1) is 0 Å². The molecule has 108 valence electrons. The lowest BCUT2D eigenvalue weighted by atomic mass is 9.90. The lowest BCUT2D eigenvalue weighted by molar-refractivity contribution is -0.140. The Labute approximate surface area is 119 Å². The Morgan fingerprint density at radius 1 is 1.20 bits per heavy atom. The predicted octanol–water partition coefficient (Wildman–Crippen LogP) is 2.25. The van der Waals surface area contributed by atoms with Crippen LogP contribution in [0.4, 0.5) is 0 Å². The van der Waals surface area contributed by atoms with Gasteiger partial charge in [-0.3, -0.25) is 9.59 Å². The second-order valence-electron chi connectivity index (χ2n) is 5.13. The highest BCUT2D eigenvalue weighted by Crippen LogP contribution is 2.22. The number of ether oxygens (including phenoxy) is 1. The van der Waals surface area contributed by atoms with Crippen molar-refractivity contribution in [1.82, 2.24) is 5.32 Å². The molecule has 1 aromatic carbocycles. The first-order valence-corrected chi connectivity index (χ1v) is 7.17. The molecular formula is C16H21NO3. The van der Waals surface area contributed by atoms with Crippen LogP contribution >= 0.6 is 0 Å². The van der Waals surface area contributed by atoms with E-state index in [0.29, 0.717) is 24.9 Å². The highest BCUT2D eigenvalue weighted by Gasteiger charge is 2.12. The van der Waals surface area contributed by atoms with Crippen LogP contribution in [-0.4, -0.2) is 25.5 Å². The summed E-state index contributed by atoms with van der Waals surface area (Å²) in [7, 11) is 1.37. The molecule has 1 aliphatic rings. The normalized spacial score (nSPS) is 13.4. The Bertz CT molecular complexity index is 496. The maximum absolute atomic E-state index is 12.0. The van der Waals surface area contributed by atoms with Gasteiger partial charge in [-0.25, -0.2) is 0 Å². The van der Waals surface area contributed by atoms with Gasteiger partial charge in [0.15, 0.2) is 0 Å². The predicted molar refractivity (Wildman–Crippen MR) is 76.7 cm³/mol. The van der Waals surface area contributed by atoms with Crippen LogP contribution in [0.1, 0.15) is 47.2 Å². The van der Waals surface area contributed by atoms with Crippen molar-refractivity contribution in [3.8, 4) is 0 Å². The van der Waals surface area contributed by atoms with Crippen molar-refractivity contribution in [3.63, 3.8) is 0 Å². The van der Waals surface area contributed by atoms with E-state index in [1.165, 1.54) is 31.1 Å². The summed E-state index contributed by atoms with van der Waals surface area (Å²) in [5, 5.41) is 2.84. The lowest BCUT2D eigenvalue weighted by Gasteiger charge is -2.16. The molecule has 0 spiro atoms. The standard InChI is InChI=1S/C16H21NO3/c1-20-15(18)7-4-10-17-16(19)14-9-8-12-5-2-3-6-13(12)11-14/h8-9,11H,2-7,10H2,1H3,(H,17,19). The van der Waals surface area contributed by atoms with E-state index in [-0.39, 0.29) is 11.9 Å². The third-order valence-electron chi connectivity index (χ3n) is 3.68. The van der Waals surface area contributed by atoms with Gasteiger partial charge in [0.25, 0.3) is 5.91 Å². The van der Waals surface area contributed by atoms with E-state index in [9.17, 15) is 9.59 Å². The summed E-state index contributed by atoms with van der Waals surface area (Å²) in [6.45, 7) is 0.491. The monoisotopic (exact) mass is 275 g/mol. The van der Waals surface area contributed by atoms with Gasteiger partial charge in [-0.05, 0) is 55.4 Å². The van der Waals surface area contributed by atoms with Gasteiger partial charge in [-0.1, -0.05) is 6.07 Å². The molecule has 1 N–H and O–H groups in total. The summed E-state index contributed by atoms with van der Waals surface area (Å²) < 4.78 is 4.55. The van der Waals surface area contributed by atoms with Crippen LogP contribution < -0.4 is 5.32 Å². The maximum atomic E-state index is 12.0. The second kappa shape index (κ2) is 7.08. The molecule has 20 heavy (non-hydrogen) atoms. The van der Waals surface area contributed by atoms with Crippen molar-refractivity contribution >= 4 is 11.9 Å². The zero-order valence-corrected chi connectivity index (χ0v) is 11.9. The number of rotatable bonds is 5. The summed E-state index contributed by atoms with van der Waals surface area (Å²) in [5.74, 6) is -0.309. The van der Waals surface area contributed by atoms with Gasteiger partial charge in [0.1, 0.15) is 0 Å². The lowest BCUT2D eigenvalue weighted by Crippen LogP contribution is -2.25. The number of carbonyl (C=O) groups excluding carboxylic acids is 2. The third kappa shape index (κ3) is 3.83. The van der Waals surface area contributed by atoms with Crippen LogP contribution in [0, 0.1) is 0 Å². The fraction of sp³-hybridized carbons (Fsp3) is 0.500. The number of benzene rings is 1.